The van der Waals surface area contributed by atoms with Gasteiger partial charge in [0.1, 0.15) is 12.4 Å². The average molecular weight is 341 g/mol. The van der Waals surface area contributed by atoms with Crippen molar-refractivity contribution in [3.05, 3.63) is 56.8 Å². The molecule has 0 N–H and O–H groups in total. The van der Waals surface area contributed by atoms with Crippen LogP contribution in [-0.4, -0.2) is 11.3 Å². The summed E-state index contributed by atoms with van der Waals surface area (Å²) in [6.07, 6.45) is 4.00. The highest BCUT2D eigenvalue weighted by Gasteiger charge is 2.09. The van der Waals surface area contributed by atoms with Crippen molar-refractivity contribution in [3.8, 4) is 5.75 Å². The lowest BCUT2D eigenvalue weighted by molar-refractivity contribution is 0.111. The first-order valence-electron chi connectivity index (χ1n) is 5.58. The average Bonchev–Trinajstić information content (AvgIpc) is 2.38. The molecule has 0 unspecified atom stereocenters. The predicted octanol–water partition coefficient (Wildman–Crippen LogP) is 4.20. The van der Waals surface area contributed by atoms with E-state index >= 15 is 0 Å². The Morgan fingerprint density at radius 3 is 2.95 bits per heavy atom. The number of rotatable bonds is 4. The third-order valence-electron chi connectivity index (χ3n) is 2.62. The smallest absolute Gasteiger partial charge is 0.153 e. The minimum Gasteiger partial charge on any atom is -0.488 e. The summed E-state index contributed by atoms with van der Waals surface area (Å²) in [5.74, 6) is 0.575. The van der Waals surface area contributed by atoms with E-state index in [9.17, 15) is 4.79 Å². The van der Waals surface area contributed by atoms with Crippen LogP contribution in [0.15, 0.2) is 35.1 Å². The van der Waals surface area contributed by atoms with Gasteiger partial charge >= 0.3 is 0 Å². The molecule has 0 aliphatic heterocycles. The van der Waals surface area contributed by atoms with E-state index in [1.54, 1.807) is 24.5 Å². The lowest BCUT2D eigenvalue weighted by Crippen LogP contribution is -2.01. The lowest BCUT2D eigenvalue weighted by atomic mass is 10.1. The van der Waals surface area contributed by atoms with E-state index in [-0.39, 0.29) is 0 Å². The Morgan fingerprint density at radius 2 is 2.26 bits per heavy atom. The highest BCUT2D eigenvalue weighted by molar-refractivity contribution is 9.10. The van der Waals surface area contributed by atoms with Crippen molar-refractivity contribution in [2.45, 2.75) is 13.5 Å². The van der Waals surface area contributed by atoms with Gasteiger partial charge in [-0.25, -0.2) is 0 Å². The number of ether oxygens (including phenoxy) is 1. The number of pyridine rings is 1. The third kappa shape index (κ3) is 3.33. The standard InChI is InChI=1S/C14H11BrClNO2/c1-9-4-12(15)5-11(7-18)14(9)19-8-10-2-3-17-6-13(10)16/h2-7H,8H2,1H3. The lowest BCUT2D eigenvalue weighted by Gasteiger charge is -2.12. The molecule has 2 aromatic rings. The van der Waals surface area contributed by atoms with Gasteiger partial charge < -0.3 is 4.74 Å². The second kappa shape index (κ2) is 6.17. The maximum absolute atomic E-state index is 11.1. The fraction of sp³-hybridized carbons (Fsp3) is 0.143. The first kappa shape index (κ1) is 14.0. The Bertz CT molecular complexity index is 616. The summed E-state index contributed by atoms with van der Waals surface area (Å²) in [7, 11) is 0. The molecule has 0 aliphatic rings. The summed E-state index contributed by atoms with van der Waals surface area (Å²) in [6, 6.07) is 5.41. The molecule has 0 bridgehead atoms. The zero-order valence-corrected chi connectivity index (χ0v) is 12.5. The van der Waals surface area contributed by atoms with E-state index in [2.05, 4.69) is 20.9 Å². The van der Waals surface area contributed by atoms with Gasteiger partial charge in [-0.3, -0.25) is 9.78 Å². The van der Waals surface area contributed by atoms with Gasteiger partial charge in [-0.2, -0.15) is 0 Å². The second-order valence-electron chi connectivity index (χ2n) is 4.01. The van der Waals surface area contributed by atoms with Gasteiger partial charge in [-0.1, -0.05) is 27.5 Å². The van der Waals surface area contributed by atoms with Crippen molar-refractivity contribution in [1.29, 1.82) is 0 Å². The molecule has 0 spiro atoms. The first-order valence-corrected chi connectivity index (χ1v) is 6.75. The molecule has 3 nitrogen and oxygen atoms in total. The fourth-order valence-corrected chi connectivity index (χ4v) is 2.48. The van der Waals surface area contributed by atoms with Crippen LogP contribution in [0, 0.1) is 6.92 Å². The predicted molar refractivity (Wildman–Crippen MR) is 77.8 cm³/mol. The first-order chi connectivity index (χ1) is 9.11. The van der Waals surface area contributed by atoms with Crippen LogP contribution in [0.3, 0.4) is 0 Å². The van der Waals surface area contributed by atoms with Crippen molar-refractivity contribution >= 4 is 33.8 Å². The van der Waals surface area contributed by atoms with E-state index in [4.69, 9.17) is 16.3 Å². The van der Waals surface area contributed by atoms with Gasteiger partial charge in [0, 0.05) is 22.4 Å². The number of carbonyl (C=O) groups excluding carboxylic acids is 1. The van der Waals surface area contributed by atoms with Crippen molar-refractivity contribution < 1.29 is 9.53 Å². The number of halogens is 2. The van der Waals surface area contributed by atoms with Crippen LogP contribution in [0.2, 0.25) is 5.02 Å². The summed E-state index contributed by atoms with van der Waals surface area (Å²) in [5.41, 5.74) is 2.23. The highest BCUT2D eigenvalue weighted by Crippen LogP contribution is 2.28. The van der Waals surface area contributed by atoms with Gasteiger partial charge in [0.2, 0.25) is 0 Å². The topological polar surface area (TPSA) is 39.2 Å². The minimum atomic E-state index is 0.296. The van der Waals surface area contributed by atoms with Crippen LogP contribution in [0.25, 0.3) is 0 Å². The molecular weight excluding hydrogens is 330 g/mol. The van der Waals surface area contributed by atoms with Gasteiger partial charge in [-0.05, 0) is 30.7 Å². The maximum Gasteiger partial charge on any atom is 0.153 e. The van der Waals surface area contributed by atoms with E-state index in [1.807, 2.05) is 13.0 Å². The number of aromatic nitrogens is 1. The van der Waals surface area contributed by atoms with E-state index in [0.717, 1.165) is 21.9 Å². The summed E-state index contributed by atoms with van der Waals surface area (Å²) < 4.78 is 6.56. The molecule has 0 saturated heterocycles. The monoisotopic (exact) mass is 339 g/mol. The number of nitrogens with zero attached hydrogens (tertiary/aromatic N) is 1. The summed E-state index contributed by atoms with van der Waals surface area (Å²) in [6.45, 7) is 2.19. The van der Waals surface area contributed by atoms with Crippen molar-refractivity contribution in [1.82, 2.24) is 4.98 Å². The zero-order chi connectivity index (χ0) is 13.8. The SMILES string of the molecule is Cc1cc(Br)cc(C=O)c1OCc1ccncc1Cl. The number of aryl methyl sites for hydroxylation is 1. The van der Waals surface area contributed by atoms with Crippen LogP contribution < -0.4 is 4.74 Å². The molecule has 0 radical (unpaired) electrons. The number of benzene rings is 1. The Kier molecular flexibility index (Phi) is 4.56. The molecule has 0 fully saturated rings. The Morgan fingerprint density at radius 1 is 1.47 bits per heavy atom. The molecule has 5 heteroatoms. The van der Waals surface area contributed by atoms with Gasteiger partial charge in [0.05, 0.1) is 10.6 Å². The number of carbonyl (C=O) groups is 1. The largest absolute Gasteiger partial charge is 0.488 e. The zero-order valence-electron chi connectivity index (χ0n) is 10.2. The second-order valence-corrected chi connectivity index (χ2v) is 5.34. The molecule has 2 rings (SSSR count). The number of aldehydes is 1. The normalized spacial score (nSPS) is 10.3. The molecule has 1 aromatic heterocycles. The molecule has 1 heterocycles. The Balaban J connectivity index is 2.25. The minimum absolute atomic E-state index is 0.296. The summed E-state index contributed by atoms with van der Waals surface area (Å²) in [4.78, 5) is 15.0. The molecule has 0 saturated carbocycles. The van der Waals surface area contributed by atoms with Crippen LogP contribution in [0.4, 0.5) is 0 Å². The van der Waals surface area contributed by atoms with Gasteiger partial charge in [0.15, 0.2) is 6.29 Å². The summed E-state index contributed by atoms with van der Waals surface area (Å²) >= 11 is 9.36. The maximum atomic E-state index is 11.1. The fourth-order valence-electron chi connectivity index (χ4n) is 1.71. The molecule has 19 heavy (non-hydrogen) atoms. The number of hydrogen-bond acceptors (Lipinski definition) is 3. The van der Waals surface area contributed by atoms with E-state index in [1.165, 1.54) is 0 Å². The van der Waals surface area contributed by atoms with Crippen LogP contribution in [-0.2, 0) is 6.61 Å². The number of hydrogen-bond donors (Lipinski definition) is 0. The molecule has 0 aliphatic carbocycles. The van der Waals surface area contributed by atoms with Gasteiger partial charge in [-0.15, -0.1) is 0 Å². The Labute approximate surface area is 124 Å². The van der Waals surface area contributed by atoms with E-state index < -0.39 is 0 Å². The third-order valence-corrected chi connectivity index (χ3v) is 3.42. The Hall–Kier alpha value is -1.39. The van der Waals surface area contributed by atoms with Crippen LogP contribution in [0.5, 0.6) is 5.75 Å². The molecule has 1 aromatic carbocycles. The van der Waals surface area contributed by atoms with Crippen molar-refractivity contribution in [3.63, 3.8) is 0 Å². The van der Waals surface area contributed by atoms with Crippen molar-refractivity contribution in [2.75, 3.05) is 0 Å². The van der Waals surface area contributed by atoms with E-state index in [0.29, 0.717) is 22.9 Å². The molecule has 0 amide bonds. The highest BCUT2D eigenvalue weighted by atomic mass is 79.9. The quantitative estimate of drug-likeness (QED) is 0.783. The molecule has 98 valence electrons. The summed E-state index contributed by atoms with van der Waals surface area (Å²) in [5, 5.41) is 0.546. The van der Waals surface area contributed by atoms with Gasteiger partial charge in [0.25, 0.3) is 0 Å². The van der Waals surface area contributed by atoms with Crippen molar-refractivity contribution in [2.24, 2.45) is 0 Å². The molecule has 0 atom stereocenters. The van der Waals surface area contributed by atoms with Crippen LogP contribution >= 0.6 is 27.5 Å². The van der Waals surface area contributed by atoms with Crippen LogP contribution in [0.1, 0.15) is 21.5 Å². The molecular formula is C14H11BrClNO2.